The molecular weight excluding hydrogens is 607 g/mol. The number of nitrogens with one attached hydrogen (secondary N) is 1. The van der Waals surface area contributed by atoms with E-state index in [4.69, 9.17) is 34.8 Å². The van der Waals surface area contributed by atoms with Crippen LogP contribution in [0.25, 0.3) is 5.83 Å². The predicted octanol–water partition coefficient (Wildman–Crippen LogP) is 9.37. The van der Waals surface area contributed by atoms with Gasteiger partial charge in [0.1, 0.15) is 11.7 Å². The fourth-order valence-corrected chi connectivity index (χ4v) is 4.84. The molecule has 190 valence electrons. The molecule has 1 N–H and O–H groups in total. The maximum Gasteiger partial charge on any atom is 0.399 e. The van der Waals surface area contributed by atoms with Gasteiger partial charge in [0.05, 0.1) is 20.6 Å². The SMILES string of the molecule is O=C(NC1CCC(F)(F)CC1)c1ccc(/C(F)=C/C(c2cc(Cl)c(Cl)c(Cl)c2)C(F)(F)F)cc1Br. The molecular formula is C23H17BrCl3F6NO. The number of benzene rings is 2. The van der Waals surface area contributed by atoms with Crippen molar-refractivity contribution in [1.82, 2.24) is 5.32 Å². The largest absolute Gasteiger partial charge is 0.399 e. The highest BCUT2D eigenvalue weighted by Crippen LogP contribution is 2.42. The normalized spacial score (nSPS) is 17.8. The molecule has 2 nitrogen and oxygen atoms in total. The first-order chi connectivity index (χ1) is 16.2. The lowest BCUT2D eigenvalue weighted by atomic mass is 9.92. The number of allylic oxidation sites excluding steroid dienone is 1. The Kier molecular flexibility index (Phi) is 8.77. The number of carbonyl (C=O) groups excluding carboxylic acids is 1. The summed E-state index contributed by atoms with van der Waals surface area (Å²) >= 11 is 20.6. The van der Waals surface area contributed by atoms with Crippen molar-refractivity contribution in [3.63, 3.8) is 0 Å². The molecule has 0 spiro atoms. The second kappa shape index (κ2) is 10.9. The Morgan fingerprint density at radius 1 is 1.09 bits per heavy atom. The third-order valence-electron chi connectivity index (χ3n) is 5.57. The first kappa shape index (κ1) is 28.2. The molecule has 0 aromatic heterocycles. The molecule has 2 aromatic carbocycles. The average molecular weight is 624 g/mol. The van der Waals surface area contributed by atoms with E-state index >= 15 is 0 Å². The highest BCUT2D eigenvalue weighted by molar-refractivity contribution is 9.10. The Bertz CT molecular complexity index is 1120. The second-order valence-corrected chi connectivity index (χ2v) is 10.2. The lowest BCUT2D eigenvalue weighted by molar-refractivity contribution is -0.139. The van der Waals surface area contributed by atoms with Crippen molar-refractivity contribution in [2.45, 2.75) is 49.7 Å². The monoisotopic (exact) mass is 621 g/mol. The summed E-state index contributed by atoms with van der Waals surface area (Å²) in [6.07, 6.45) is -4.94. The molecule has 1 amide bonds. The van der Waals surface area contributed by atoms with Crippen LogP contribution in [0.3, 0.4) is 0 Å². The van der Waals surface area contributed by atoms with Crippen LogP contribution in [0.1, 0.15) is 53.1 Å². The van der Waals surface area contributed by atoms with Crippen molar-refractivity contribution < 1.29 is 31.1 Å². The summed E-state index contributed by atoms with van der Waals surface area (Å²) in [6, 6.07) is 5.03. The molecule has 35 heavy (non-hydrogen) atoms. The summed E-state index contributed by atoms with van der Waals surface area (Å²) in [5.41, 5.74) is -0.533. The van der Waals surface area contributed by atoms with Gasteiger partial charge >= 0.3 is 6.18 Å². The fourth-order valence-electron chi connectivity index (χ4n) is 3.67. The maximum atomic E-state index is 14.9. The van der Waals surface area contributed by atoms with E-state index in [0.717, 1.165) is 24.3 Å². The molecule has 12 heteroatoms. The van der Waals surface area contributed by atoms with Crippen LogP contribution in [0.15, 0.2) is 40.9 Å². The molecule has 0 heterocycles. The van der Waals surface area contributed by atoms with Gasteiger partial charge in [-0.15, -0.1) is 0 Å². The summed E-state index contributed by atoms with van der Waals surface area (Å²) in [6.45, 7) is 0. The molecule has 0 aliphatic heterocycles. The van der Waals surface area contributed by atoms with E-state index in [2.05, 4.69) is 21.2 Å². The Hall–Kier alpha value is -1.42. The fraction of sp³-hybridized carbons (Fsp3) is 0.348. The van der Waals surface area contributed by atoms with Crippen LogP contribution in [0.4, 0.5) is 26.3 Å². The van der Waals surface area contributed by atoms with Crippen LogP contribution in [0.5, 0.6) is 0 Å². The number of rotatable bonds is 5. The number of alkyl halides is 5. The first-order valence-electron chi connectivity index (χ1n) is 10.2. The zero-order valence-corrected chi connectivity index (χ0v) is 21.5. The Balaban J connectivity index is 1.83. The molecule has 1 aliphatic carbocycles. The smallest absolute Gasteiger partial charge is 0.349 e. The lowest BCUT2D eigenvalue weighted by Gasteiger charge is -2.28. The molecule has 3 rings (SSSR count). The quantitative estimate of drug-likeness (QED) is 0.261. The zero-order valence-electron chi connectivity index (χ0n) is 17.6. The molecule has 0 saturated heterocycles. The Morgan fingerprint density at radius 2 is 1.66 bits per heavy atom. The Morgan fingerprint density at radius 3 is 2.17 bits per heavy atom. The molecule has 2 aromatic rings. The van der Waals surface area contributed by atoms with E-state index in [1.165, 1.54) is 6.07 Å². The van der Waals surface area contributed by atoms with Crippen molar-refractivity contribution in [1.29, 1.82) is 0 Å². The molecule has 0 radical (unpaired) electrons. The van der Waals surface area contributed by atoms with E-state index in [0.29, 0.717) is 6.08 Å². The second-order valence-electron chi connectivity index (χ2n) is 8.13. The highest BCUT2D eigenvalue weighted by Gasteiger charge is 2.40. The topological polar surface area (TPSA) is 29.1 Å². The number of hydrogen-bond acceptors (Lipinski definition) is 1. The maximum absolute atomic E-state index is 14.9. The van der Waals surface area contributed by atoms with Gasteiger partial charge in [0.25, 0.3) is 5.91 Å². The molecule has 1 atom stereocenters. The van der Waals surface area contributed by atoms with Crippen LogP contribution < -0.4 is 5.32 Å². The van der Waals surface area contributed by atoms with Gasteiger partial charge in [-0.05, 0) is 64.7 Å². The van der Waals surface area contributed by atoms with Gasteiger partial charge in [-0.25, -0.2) is 13.2 Å². The number of amides is 1. The molecule has 1 saturated carbocycles. The molecule has 1 unspecified atom stereocenters. The van der Waals surface area contributed by atoms with E-state index in [1.54, 1.807) is 0 Å². The minimum Gasteiger partial charge on any atom is -0.349 e. The van der Waals surface area contributed by atoms with Gasteiger partial charge in [-0.3, -0.25) is 4.79 Å². The van der Waals surface area contributed by atoms with E-state index in [9.17, 15) is 31.1 Å². The van der Waals surface area contributed by atoms with Crippen molar-refractivity contribution in [2.75, 3.05) is 0 Å². The van der Waals surface area contributed by atoms with Crippen molar-refractivity contribution in [3.8, 4) is 0 Å². The summed E-state index contributed by atoms with van der Waals surface area (Å²) in [5, 5.41) is 2.11. The van der Waals surface area contributed by atoms with Crippen LogP contribution in [0.2, 0.25) is 15.1 Å². The van der Waals surface area contributed by atoms with E-state index in [-0.39, 0.29) is 56.4 Å². The molecule has 0 bridgehead atoms. The van der Waals surface area contributed by atoms with E-state index < -0.39 is 41.4 Å². The standard InChI is InChI=1S/C23H17BrCl3F6NO/c24-16-7-11(1-2-14(16)21(35)34-13-3-5-22(29,30)6-4-13)19(28)10-15(23(31,32)33)12-8-17(25)20(27)18(26)9-12/h1-2,7-10,13,15H,3-6H2,(H,34,35)/b19-10-. The van der Waals surface area contributed by atoms with Gasteiger partial charge in [-0.1, -0.05) is 40.9 Å². The van der Waals surface area contributed by atoms with Gasteiger partial charge in [-0.2, -0.15) is 13.2 Å². The van der Waals surface area contributed by atoms with Gasteiger partial charge in [0.15, 0.2) is 0 Å². The predicted molar refractivity (Wildman–Crippen MR) is 128 cm³/mol. The summed E-state index contributed by atoms with van der Waals surface area (Å²) in [4.78, 5) is 12.5. The van der Waals surface area contributed by atoms with Gasteiger partial charge in [0.2, 0.25) is 5.92 Å². The summed E-state index contributed by atoms with van der Waals surface area (Å²) < 4.78 is 82.8. The van der Waals surface area contributed by atoms with Crippen molar-refractivity contribution >= 4 is 62.5 Å². The minimum absolute atomic E-state index is 0.0857. The third kappa shape index (κ3) is 7.08. The van der Waals surface area contributed by atoms with Crippen LogP contribution in [-0.4, -0.2) is 24.0 Å². The number of hydrogen-bond donors (Lipinski definition) is 1. The minimum atomic E-state index is -4.87. The van der Waals surface area contributed by atoms with Crippen molar-refractivity contribution in [2.24, 2.45) is 0 Å². The van der Waals surface area contributed by atoms with Crippen LogP contribution >= 0.6 is 50.7 Å². The van der Waals surface area contributed by atoms with Gasteiger partial charge in [0, 0.05) is 28.9 Å². The third-order valence-corrected chi connectivity index (χ3v) is 7.43. The number of halogens is 10. The summed E-state index contributed by atoms with van der Waals surface area (Å²) in [5.74, 6) is -6.89. The van der Waals surface area contributed by atoms with Crippen LogP contribution in [-0.2, 0) is 0 Å². The summed E-state index contributed by atoms with van der Waals surface area (Å²) in [7, 11) is 0. The zero-order chi connectivity index (χ0) is 26.1. The van der Waals surface area contributed by atoms with Crippen LogP contribution in [0, 0.1) is 0 Å². The lowest BCUT2D eigenvalue weighted by Crippen LogP contribution is -2.40. The van der Waals surface area contributed by atoms with Gasteiger partial charge < -0.3 is 5.32 Å². The molecule has 1 aliphatic rings. The number of carbonyl (C=O) groups is 1. The van der Waals surface area contributed by atoms with Crippen molar-refractivity contribution in [3.05, 3.63) is 72.6 Å². The highest BCUT2D eigenvalue weighted by atomic mass is 79.9. The molecule has 1 fully saturated rings. The first-order valence-corrected chi connectivity index (χ1v) is 12.2. The Labute approximate surface area is 220 Å². The van der Waals surface area contributed by atoms with E-state index in [1.807, 2.05) is 0 Å². The average Bonchev–Trinajstić information content (AvgIpc) is 2.75.